The molecule has 0 bridgehead atoms. The van der Waals surface area contributed by atoms with Gasteiger partial charge in [0.2, 0.25) is 5.91 Å². The van der Waals surface area contributed by atoms with Gasteiger partial charge >= 0.3 is 0 Å². The summed E-state index contributed by atoms with van der Waals surface area (Å²) in [6.07, 6.45) is 4.16. The summed E-state index contributed by atoms with van der Waals surface area (Å²) in [6.45, 7) is 8.78. The van der Waals surface area contributed by atoms with Gasteiger partial charge in [-0.2, -0.15) is 0 Å². The van der Waals surface area contributed by atoms with Crippen molar-refractivity contribution in [1.29, 1.82) is 0 Å². The fourth-order valence-electron chi connectivity index (χ4n) is 3.37. The topological polar surface area (TPSA) is 76.7 Å². The van der Waals surface area contributed by atoms with E-state index in [1.807, 2.05) is 45.9 Å². The molecule has 3 rings (SSSR count). The Balaban J connectivity index is 1.78. The van der Waals surface area contributed by atoms with Crippen LogP contribution in [0.15, 0.2) is 36.4 Å². The Labute approximate surface area is 177 Å². The van der Waals surface area contributed by atoms with Gasteiger partial charge in [0.25, 0.3) is 5.91 Å². The Morgan fingerprint density at radius 3 is 2.77 bits per heavy atom. The summed E-state index contributed by atoms with van der Waals surface area (Å²) in [6, 6.07) is 9.14. The molecule has 1 aliphatic rings. The maximum atomic E-state index is 12.5. The molecule has 2 aromatic rings. The van der Waals surface area contributed by atoms with Gasteiger partial charge in [0.15, 0.2) is 0 Å². The predicted molar refractivity (Wildman–Crippen MR) is 118 cm³/mol. The fourth-order valence-corrected chi connectivity index (χ4v) is 3.37. The largest absolute Gasteiger partial charge is 0.493 e. The summed E-state index contributed by atoms with van der Waals surface area (Å²) in [5.41, 5.74) is 3.88. The second-order valence-electron chi connectivity index (χ2n) is 7.28. The molecule has 158 valence electrons. The molecule has 30 heavy (non-hydrogen) atoms. The molecule has 6 nitrogen and oxygen atoms in total. The smallest absolute Gasteiger partial charge is 0.251 e. The van der Waals surface area contributed by atoms with Crippen molar-refractivity contribution in [1.82, 2.24) is 5.32 Å². The van der Waals surface area contributed by atoms with E-state index in [1.54, 1.807) is 18.2 Å². The van der Waals surface area contributed by atoms with Crippen molar-refractivity contribution < 1.29 is 19.1 Å². The second-order valence-corrected chi connectivity index (χ2v) is 7.28. The number of nitrogens with one attached hydrogen (secondary N) is 2. The lowest BCUT2D eigenvalue weighted by Gasteiger charge is -2.11. The number of benzene rings is 2. The van der Waals surface area contributed by atoms with Gasteiger partial charge in [-0.05, 0) is 63.6 Å². The number of anilines is 1. The lowest BCUT2D eigenvalue weighted by molar-refractivity contribution is -0.111. The minimum absolute atomic E-state index is 0.136. The predicted octanol–water partition coefficient (Wildman–Crippen LogP) is 4.12. The number of ether oxygens (including phenoxy) is 2. The van der Waals surface area contributed by atoms with Gasteiger partial charge in [-0.1, -0.05) is 6.07 Å². The van der Waals surface area contributed by atoms with Gasteiger partial charge in [-0.3, -0.25) is 9.59 Å². The van der Waals surface area contributed by atoms with E-state index < -0.39 is 0 Å². The summed E-state index contributed by atoms with van der Waals surface area (Å²) < 4.78 is 11.6. The van der Waals surface area contributed by atoms with Crippen LogP contribution in [0.25, 0.3) is 6.08 Å². The van der Waals surface area contributed by atoms with Crippen LogP contribution in [-0.4, -0.2) is 31.1 Å². The van der Waals surface area contributed by atoms with Crippen molar-refractivity contribution in [2.45, 2.75) is 40.2 Å². The molecule has 1 aliphatic heterocycles. The van der Waals surface area contributed by atoms with E-state index in [0.29, 0.717) is 24.4 Å². The maximum absolute atomic E-state index is 12.5. The molecule has 0 saturated carbocycles. The normalized spacial score (nSPS) is 14.9. The van der Waals surface area contributed by atoms with Crippen LogP contribution in [0.3, 0.4) is 0 Å². The first-order valence-corrected chi connectivity index (χ1v) is 10.3. The third-order valence-corrected chi connectivity index (χ3v) is 4.84. The van der Waals surface area contributed by atoms with E-state index in [0.717, 1.165) is 34.6 Å². The minimum atomic E-state index is -0.289. The van der Waals surface area contributed by atoms with E-state index in [1.165, 1.54) is 6.08 Å². The van der Waals surface area contributed by atoms with Crippen molar-refractivity contribution in [3.8, 4) is 11.5 Å². The number of carbonyl (C=O) groups excluding carboxylic acids is 2. The first kappa shape index (κ1) is 21.4. The number of fused-ring (bicyclic) bond motifs is 1. The Hall–Kier alpha value is -3.28. The van der Waals surface area contributed by atoms with Crippen LogP contribution in [0.2, 0.25) is 0 Å². The first-order chi connectivity index (χ1) is 14.4. The summed E-state index contributed by atoms with van der Waals surface area (Å²) in [7, 11) is 0. The Morgan fingerprint density at radius 2 is 2.03 bits per heavy atom. The van der Waals surface area contributed by atoms with E-state index in [2.05, 4.69) is 10.6 Å². The number of amides is 2. The molecule has 0 fully saturated rings. The van der Waals surface area contributed by atoms with Crippen molar-refractivity contribution in [2.75, 3.05) is 18.5 Å². The lowest BCUT2D eigenvalue weighted by atomic mass is 10.1. The van der Waals surface area contributed by atoms with Gasteiger partial charge in [0, 0.05) is 41.4 Å². The first-order valence-electron chi connectivity index (χ1n) is 10.3. The highest BCUT2D eigenvalue weighted by atomic mass is 16.5. The molecule has 0 radical (unpaired) electrons. The van der Waals surface area contributed by atoms with Gasteiger partial charge in [-0.15, -0.1) is 0 Å². The summed E-state index contributed by atoms with van der Waals surface area (Å²) in [4.78, 5) is 24.6. The zero-order valence-corrected chi connectivity index (χ0v) is 17.9. The number of carbonyl (C=O) groups is 2. The highest BCUT2D eigenvalue weighted by Crippen LogP contribution is 2.35. The van der Waals surface area contributed by atoms with Crippen LogP contribution in [0, 0.1) is 6.92 Å². The average Bonchev–Trinajstić information content (AvgIpc) is 3.07. The SMILES string of the molecule is CCNC(=O)c1ccc(C)c(NC(=O)/C=C/c2cc3c(cc2OCC)CC(C)O3)c1. The van der Waals surface area contributed by atoms with E-state index in [4.69, 9.17) is 9.47 Å². The molecule has 2 N–H and O–H groups in total. The summed E-state index contributed by atoms with van der Waals surface area (Å²) >= 11 is 0. The molecule has 0 spiro atoms. The van der Waals surface area contributed by atoms with E-state index in [-0.39, 0.29) is 17.9 Å². The van der Waals surface area contributed by atoms with Gasteiger partial charge in [0.05, 0.1) is 6.61 Å². The van der Waals surface area contributed by atoms with Crippen LogP contribution in [0.5, 0.6) is 11.5 Å². The fraction of sp³-hybridized carbons (Fsp3) is 0.333. The summed E-state index contributed by atoms with van der Waals surface area (Å²) in [5, 5.41) is 5.61. The van der Waals surface area contributed by atoms with Crippen LogP contribution in [0.4, 0.5) is 5.69 Å². The standard InChI is InChI=1S/C24H28N2O4/c1-5-25-24(28)18-8-7-15(3)20(12-18)26-23(27)10-9-17-13-22-19(11-16(4)30-22)14-21(17)29-6-2/h7-10,12-14,16H,5-6,11H2,1-4H3,(H,25,28)(H,26,27)/b10-9+. The molecule has 6 heteroatoms. The maximum Gasteiger partial charge on any atom is 0.251 e. The second kappa shape index (κ2) is 9.48. The van der Waals surface area contributed by atoms with E-state index in [9.17, 15) is 9.59 Å². The number of aryl methyl sites for hydroxylation is 1. The van der Waals surface area contributed by atoms with Crippen molar-refractivity contribution in [3.63, 3.8) is 0 Å². The van der Waals surface area contributed by atoms with Gasteiger partial charge < -0.3 is 20.1 Å². The van der Waals surface area contributed by atoms with Crippen molar-refractivity contribution >= 4 is 23.6 Å². The van der Waals surface area contributed by atoms with Crippen LogP contribution >= 0.6 is 0 Å². The zero-order valence-electron chi connectivity index (χ0n) is 17.9. The van der Waals surface area contributed by atoms with Crippen LogP contribution in [-0.2, 0) is 11.2 Å². The van der Waals surface area contributed by atoms with E-state index >= 15 is 0 Å². The molecular weight excluding hydrogens is 380 g/mol. The molecule has 0 aliphatic carbocycles. The van der Waals surface area contributed by atoms with Crippen LogP contribution < -0.4 is 20.1 Å². The van der Waals surface area contributed by atoms with Crippen molar-refractivity contribution in [2.24, 2.45) is 0 Å². The average molecular weight is 408 g/mol. The number of hydrogen-bond donors (Lipinski definition) is 2. The third kappa shape index (κ3) is 5.00. The molecule has 2 amide bonds. The van der Waals surface area contributed by atoms with Gasteiger partial charge in [0.1, 0.15) is 17.6 Å². The molecule has 0 aromatic heterocycles. The molecule has 1 atom stereocenters. The number of hydrogen-bond acceptors (Lipinski definition) is 4. The highest BCUT2D eigenvalue weighted by Gasteiger charge is 2.21. The summed E-state index contributed by atoms with van der Waals surface area (Å²) in [5.74, 6) is 1.10. The quantitative estimate of drug-likeness (QED) is 0.676. The highest BCUT2D eigenvalue weighted by molar-refractivity contribution is 6.03. The van der Waals surface area contributed by atoms with Gasteiger partial charge in [-0.25, -0.2) is 0 Å². The molecule has 0 saturated heterocycles. The molecule has 1 heterocycles. The zero-order chi connectivity index (χ0) is 21.7. The Kier molecular flexibility index (Phi) is 6.77. The molecule has 1 unspecified atom stereocenters. The third-order valence-electron chi connectivity index (χ3n) is 4.84. The van der Waals surface area contributed by atoms with Crippen molar-refractivity contribution in [3.05, 3.63) is 58.7 Å². The molecule has 2 aromatic carbocycles. The lowest BCUT2D eigenvalue weighted by Crippen LogP contribution is -2.23. The monoisotopic (exact) mass is 408 g/mol. The van der Waals surface area contributed by atoms with Crippen LogP contribution in [0.1, 0.15) is 47.8 Å². The Bertz CT molecular complexity index is 981. The minimum Gasteiger partial charge on any atom is -0.493 e. The Morgan fingerprint density at radius 1 is 1.23 bits per heavy atom. The molecular formula is C24H28N2O4. The number of rotatable bonds is 7.